The van der Waals surface area contributed by atoms with Crippen LogP contribution in [0, 0.1) is 0 Å². The van der Waals surface area contributed by atoms with Crippen LogP contribution in [0.25, 0.3) is 0 Å². The van der Waals surface area contributed by atoms with Crippen molar-refractivity contribution in [1.29, 1.82) is 0 Å². The Morgan fingerprint density at radius 1 is 1.15 bits per heavy atom. The van der Waals surface area contributed by atoms with Gasteiger partial charge in [0, 0.05) is 0 Å². The van der Waals surface area contributed by atoms with Gasteiger partial charge in [-0.05, 0) is 6.92 Å². The normalized spacial score (nSPS) is 12.5. The van der Waals surface area contributed by atoms with Crippen LogP contribution in [0.3, 0.4) is 0 Å². The van der Waals surface area contributed by atoms with E-state index in [4.69, 9.17) is 0 Å². The Hall–Kier alpha value is -2.35. The molecule has 20 heavy (non-hydrogen) atoms. The number of amides is 2. The number of hydrogen-bond acceptors (Lipinski definition) is 6. The lowest BCUT2D eigenvalue weighted by Crippen LogP contribution is -2.50. The van der Waals surface area contributed by atoms with Crippen molar-refractivity contribution in [3.05, 3.63) is 25.3 Å². The highest BCUT2D eigenvalue weighted by Gasteiger charge is 2.23. The molecule has 0 aromatic carbocycles. The molecule has 0 rings (SSSR count). The van der Waals surface area contributed by atoms with Crippen molar-refractivity contribution in [2.24, 2.45) is 0 Å². The number of aliphatic hydroxyl groups excluding tert-OH is 1. The summed E-state index contributed by atoms with van der Waals surface area (Å²) in [6.45, 7) is 7.94. The molecule has 112 valence electrons. The van der Waals surface area contributed by atoms with E-state index in [0.717, 1.165) is 0 Å². The molecule has 0 heterocycles. The van der Waals surface area contributed by atoms with Crippen LogP contribution in [-0.2, 0) is 19.1 Å². The van der Waals surface area contributed by atoms with Gasteiger partial charge in [0.1, 0.15) is 19.3 Å². The number of rotatable bonds is 8. The molecule has 2 atom stereocenters. The van der Waals surface area contributed by atoms with Crippen LogP contribution in [0.1, 0.15) is 6.92 Å². The first kappa shape index (κ1) is 17.6. The van der Waals surface area contributed by atoms with Gasteiger partial charge in [0.15, 0.2) is 0 Å². The Labute approximate surface area is 116 Å². The summed E-state index contributed by atoms with van der Waals surface area (Å²) in [6, 6.07) is -1.01. The van der Waals surface area contributed by atoms with Crippen LogP contribution < -0.4 is 10.6 Å². The molecule has 1 unspecified atom stereocenters. The summed E-state index contributed by atoms with van der Waals surface area (Å²) >= 11 is 0. The molecule has 0 spiro atoms. The molecule has 0 saturated carbocycles. The van der Waals surface area contributed by atoms with E-state index in [1.165, 1.54) is 19.1 Å². The molecule has 0 aliphatic rings. The molecular weight excluding hydrogens is 268 g/mol. The average molecular weight is 286 g/mol. The van der Waals surface area contributed by atoms with E-state index in [2.05, 4.69) is 27.9 Å². The zero-order chi connectivity index (χ0) is 15.5. The largest absolute Gasteiger partial charge is 0.458 e. The molecule has 2 amide bonds. The van der Waals surface area contributed by atoms with Gasteiger partial charge in [-0.3, -0.25) is 4.79 Å². The summed E-state index contributed by atoms with van der Waals surface area (Å²) in [5.41, 5.74) is 0. The maximum atomic E-state index is 11.6. The van der Waals surface area contributed by atoms with Crippen molar-refractivity contribution in [1.82, 2.24) is 10.6 Å². The Bertz CT molecular complexity index is 382. The number of carbonyl (C=O) groups is 3. The highest BCUT2D eigenvalue weighted by molar-refractivity contribution is 5.88. The highest BCUT2D eigenvalue weighted by Crippen LogP contribution is 1.90. The van der Waals surface area contributed by atoms with Crippen molar-refractivity contribution < 1.29 is 29.0 Å². The molecule has 0 aliphatic carbocycles. The van der Waals surface area contributed by atoms with E-state index in [0.29, 0.717) is 0 Å². The minimum Gasteiger partial charge on any atom is -0.458 e. The molecule has 0 saturated heterocycles. The van der Waals surface area contributed by atoms with Crippen molar-refractivity contribution in [3.63, 3.8) is 0 Å². The van der Waals surface area contributed by atoms with Crippen molar-refractivity contribution in [2.45, 2.75) is 19.2 Å². The fraction of sp³-hybridized carbons (Fsp3) is 0.417. The van der Waals surface area contributed by atoms with Crippen LogP contribution in [0.5, 0.6) is 0 Å². The zero-order valence-corrected chi connectivity index (χ0v) is 11.1. The number of nitrogens with one attached hydrogen (secondary N) is 2. The third-order valence-corrected chi connectivity index (χ3v) is 1.91. The van der Waals surface area contributed by atoms with Gasteiger partial charge in [-0.1, -0.05) is 25.3 Å². The Morgan fingerprint density at radius 2 is 1.70 bits per heavy atom. The minimum absolute atomic E-state index is 0.00330. The van der Waals surface area contributed by atoms with Gasteiger partial charge < -0.3 is 25.2 Å². The molecular formula is C12H18N2O6. The first-order valence-corrected chi connectivity index (χ1v) is 5.72. The number of aliphatic hydroxyl groups is 1. The standard InChI is InChI=1S/C12H18N2O6/c1-4-6-19-11(17)10(16)14-9(15)8(3)13-12(18)20-7-5-2/h4-5,8,10,16H,1-2,6-7H2,3H3,(H,13,18)(H,14,15)/t8-,10?/m0/s1. The molecule has 8 heteroatoms. The van der Waals surface area contributed by atoms with Crippen LogP contribution >= 0.6 is 0 Å². The summed E-state index contributed by atoms with van der Waals surface area (Å²) in [5.74, 6) is -1.80. The van der Waals surface area contributed by atoms with Gasteiger partial charge in [-0.2, -0.15) is 0 Å². The Kier molecular flexibility index (Phi) is 8.44. The molecule has 3 N–H and O–H groups in total. The van der Waals surface area contributed by atoms with E-state index >= 15 is 0 Å². The maximum Gasteiger partial charge on any atom is 0.408 e. The lowest BCUT2D eigenvalue weighted by Gasteiger charge is -2.16. The van der Waals surface area contributed by atoms with Gasteiger partial charge in [0.05, 0.1) is 0 Å². The van der Waals surface area contributed by atoms with Gasteiger partial charge in [0.25, 0.3) is 0 Å². The number of carbonyl (C=O) groups excluding carboxylic acids is 3. The average Bonchev–Trinajstić information content (AvgIpc) is 2.41. The fourth-order valence-electron chi connectivity index (χ4n) is 0.957. The second-order valence-electron chi connectivity index (χ2n) is 3.58. The van der Waals surface area contributed by atoms with Crippen molar-refractivity contribution in [2.75, 3.05) is 13.2 Å². The van der Waals surface area contributed by atoms with Crippen LogP contribution in [0.15, 0.2) is 25.3 Å². The van der Waals surface area contributed by atoms with Crippen LogP contribution in [-0.4, -0.2) is 48.6 Å². The summed E-state index contributed by atoms with van der Waals surface area (Å²) in [7, 11) is 0. The molecule has 0 aliphatic heterocycles. The summed E-state index contributed by atoms with van der Waals surface area (Å²) in [5, 5.41) is 13.5. The maximum absolute atomic E-state index is 11.6. The van der Waals surface area contributed by atoms with Gasteiger partial charge in [0.2, 0.25) is 12.1 Å². The Morgan fingerprint density at radius 3 is 2.25 bits per heavy atom. The number of hydrogen-bond donors (Lipinski definition) is 3. The quantitative estimate of drug-likeness (QED) is 0.313. The molecule has 0 aromatic heterocycles. The van der Waals surface area contributed by atoms with Gasteiger partial charge in [-0.15, -0.1) is 0 Å². The van der Waals surface area contributed by atoms with E-state index in [9.17, 15) is 19.5 Å². The first-order valence-electron chi connectivity index (χ1n) is 5.72. The first-order chi connectivity index (χ1) is 9.42. The van der Waals surface area contributed by atoms with Crippen LogP contribution in [0.2, 0.25) is 0 Å². The van der Waals surface area contributed by atoms with Crippen molar-refractivity contribution >= 4 is 18.0 Å². The van der Waals surface area contributed by atoms with Crippen molar-refractivity contribution in [3.8, 4) is 0 Å². The fourth-order valence-corrected chi connectivity index (χ4v) is 0.957. The Balaban J connectivity index is 4.17. The predicted octanol–water partition coefficient (Wildman–Crippen LogP) is -0.549. The minimum atomic E-state index is -1.82. The number of ether oxygens (including phenoxy) is 2. The number of alkyl carbamates (subject to hydrolysis) is 1. The molecule has 0 fully saturated rings. The van der Waals surface area contributed by atoms with E-state index in [1.807, 2.05) is 5.32 Å². The summed E-state index contributed by atoms with van der Waals surface area (Å²) in [4.78, 5) is 33.9. The smallest absolute Gasteiger partial charge is 0.408 e. The molecule has 0 aromatic rings. The predicted molar refractivity (Wildman–Crippen MR) is 69.4 cm³/mol. The summed E-state index contributed by atoms with van der Waals surface area (Å²) < 4.78 is 9.13. The second-order valence-corrected chi connectivity index (χ2v) is 3.58. The molecule has 0 bridgehead atoms. The van der Waals surface area contributed by atoms with Gasteiger partial charge >= 0.3 is 12.1 Å². The van der Waals surface area contributed by atoms with Gasteiger partial charge in [-0.25, -0.2) is 9.59 Å². The SMILES string of the molecule is C=CCOC(=O)N[C@@H](C)C(=O)NC(O)C(=O)OCC=C. The monoisotopic (exact) mass is 286 g/mol. The van der Waals surface area contributed by atoms with Crippen LogP contribution in [0.4, 0.5) is 4.79 Å². The lowest BCUT2D eigenvalue weighted by atomic mass is 10.3. The topological polar surface area (TPSA) is 114 Å². The third-order valence-electron chi connectivity index (χ3n) is 1.91. The van der Waals surface area contributed by atoms with E-state index in [-0.39, 0.29) is 13.2 Å². The lowest BCUT2D eigenvalue weighted by molar-refractivity contribution is -0.156. The highest BCUT2D eigenvalue weighted by atomic mass is 16.6. The number of esters is 1. The second kappa shape index (κ2) is 9.56. The van der Waals surface area contributed by atoms with E-state index in [1.54, 1.807) is 0 Å². The molecule has 0 radical (unpaired) electrons. The van der Waals surface area contributed by atoms with E-state index < -0.39 is 30.2 Å². The zero-order valence-electron chi connectivity index (χ0n) is 11.1. The summed E-state index contributed by atoms with van der Waals surface area (Å²) in [6.07, 6.45) is 0.0304. The molecule has 8 nitrogen and oxygen atoms in total. The third kappa shape index (κ3) is 7.17.